The van der Waals surface area contributed by atoms with E-state index in [4.69, 9.17) is 4.74 Å². The van der Waals surface area contributed by atoms with Crippen molar-refractivity contribution < 1.29 is 9.66 Å². The second-order valence-electron chi connectivity index (χ2n) is 5.60. The van der Waals surface area contributed by atoms with Crippen LogP contribution in [0.4, 0.5) is 5.69 Å². The molecule has 0 aliphatic carbocycles. The first-order valence-corrected chi connectivity index (χ1v) is 8.99. The molecule has 0 amide bonds. The highest BCUT2D eigenvalue weighted by Crippen LogP contribution is 2.24. The van der Waals surface area contributed by atoms with E-state index in [0.717, 1.165) is 35.4 Å². The van der Waals surface area contributed by atoms with Gasteiger partial charge in [-0.1, -0.05) is 24.0 Å². The van der Waals surface area contributed by atoms with Crippen LogP contribution < -0.4 is 0 Å². The lowest BCUT2D eigenvalue weighted by Gasteiger charge is -2.06. The van der Waals surface area contributed by atoms with Crippen molar-refractivity contribution in [1.29, 1.82) is 0 Å². The van der Waals surface area contributed by atoms with Crippen LogP contribution in [0.5, 0.6) is 0 Å². The van der Waals surface area contributed by atoms with Gasteiger partial charge in [-0.25, -0.2) is 0 Å². The molecular formula is C19H19IN2O3. The molecule has 2 aromatic rings. The molecule has 0 atom stereocenters. The molecule has 25 heavy (non-hydrogen) atoms. The van der Waals surface area contributed by atoms with Crippen molar-refractivity contribution in [2.24, 2.45) is 0 Å². The number of nitro benzene ring substituents is 1. The summed E-state index contributed by atoms with van der Waals surface area (Å²) < 4.78 is 6.25. The average Bonchev–Trinajstić information content (AvgIpc) is 2.54. The van der Waals surface area contributed by atoms with Crippen LogP contribution in [0.3, 0.4) is 0 Å². The molecule has 0 N–H and O–H groups in total. The molecule has 0 saturated heterocycles. The molecule has 130 valence electrons. The summed E-state index contributed by atoms with van der Waals surface area (Å²) in [5.41, 5.74) is 3.88. The number of nitro groups is 1. The molecule has 0 radical (unpaired) electrons. The fourth-order valence-corrected chi connectivity index (χ4v) is 3.05. The van der Waals surface area contributed by atoms with Crippen molar-refractivity contribution in [3.8, 4) is 11.8 Å². The highest BCUT2D eigenvalue weighted by atomic mass is 127. The molecule has 0 spiro atoms. The van der Waals surface area contributed by atoms with E-state index in [1.807, 2.05) is 54.6 Å². The molecule has 0 saturated carbocycles. The SMILES string of the molecule is Cc1cc(C#CCCCOCc2cccc([N+](=O)[O-])c2I)cc(C)n1. The van der Waals surface area contributed by atoms with Gasteiger partial charge in [0.25, 0.3) is 5.69 Å². The lowest BCUT2D eigenvalue weighted by atomic mass is 10.2. The van der Waals surface area contributed by atoms with Gasteiger partial charge in [0.1, 0.15) is 0 Å². The molecule has 1 aromatic heterocycles. The van der Waals surface area contributed by atoms with E-state index in [-0.39, 0.29) is 10.6 Å². The lowest BCUT2D eigenvalue weighted by molar-refractivity contribution is -0.385. The van der Waals surface area contributed by atoms with E-state index >= 15 is 0 Å². The van der Waals surface area contributed by atoms with Gasteiger partial charge >= 0.3 is 0 Å². The maximum absolute atomic E-state index is 10.9. The van der Waals surface area contributed by atoms with Crippen LogP contribution >= 0.6 is 22.6 Å². The first kappa shape index (κ1) is 19.3. The molecule has 0 bridgehead atoms. The summed E-state index contributed by atoms with van der Waals surface area (Å²) in [6.45, 7) is 4.86. The van der Waals surface area contributed by atoms with Crippen molar-refractivity contribution >= 4 is 28.3 Å². The maximum atomic E-state index is 10.9. The minimum Gasteiger partial charge on any atom is -0.377 e. The van der Waals surface area contributed by atoms with E-state index in [2.05, 4.69) is 16.8 Å². The van der Waals surface area contributed by atoms with Crippen molar-refractivity contribution in [3.05, 3.63) is 66.5 Å². The normalized spacial score (nSPS) is 10.2. The predicted octanol–water partition coefficient (Wildman–Crippen LogP) is 4.56. The number of nitrogens with zero attached hydrogens (tertiary/aromatic N) is 2. The Morgan fingerprint density at radius 3 is 2.68 bits per heavy atom. The monoisotopic (exact) mass is 450 g/mol. The molecular weight excluding hydrogens is 431 g/mol. The largest absolute Gasteiger partial charge is 0.377 e. The molecule has 0 unspecified atom stereocenters. The molecule has 1 aromatic carbocycles. The van der Waals surface area contributed by atoms with Crippen LogP contribution in [0.25, 0.3) is 0 Å². The molecule has 6 heteroatoms. The third kappa shape index (κ3) is 6.11. The Balaban J connectivity index is 1.77. The van der Waals surface area contributed by atoms with Gasteiger partial charge in [-0.05, 0) is 60.6 Å². The number of ether oxygens (including phenoxy) is 1. The number of halogens is 1. The third-order valence-electron chi connectivity index (χ3n) is 3.42. The van der Waals surface area contributed by atoms with Gasteiger partial charge in [0.15, 0.2) is 0 Å². The smallest absolute Gasteiger partial charge is 0.283 e. The van der Waals surface area contributed by atoms with Gasteiger partial charge in [-0.3, -0.25) is 15.1 Å². The highest BCUT2D eigenvalue weighted by Gasteiger charge is 2.14. The minimum absolute atomic E-state index is 0.121. The lowest BCUT2D eigenvalue weighted by Crippen LogP contribution is -2.00. The van der Waals surface area contributed by atoms with E-state index in [9.17, 15) is 10.1 Å². The highest BCUT2D eigenvalue weighted by molar-refractivity contribution is 14.1. The maximum Gasteiger partial charge on any atom is 0.283 e. The van der Waals surface area contributed by atoms with Crippen molar-refractivity contribution in [1.82, 2.24) is 4.98 Å². The zero-order valence-corrected chi connectivity index (χ0v) is 16.4. The van der Waals surface area contributed by atoms with Crippen LogP contribution in [0.1, 0.15) is 35.4 Å². The van der Waals surface area contributed by atoms with Gasteiger partial charge < -0.3 is 4.74 Å². The average molecular weight is 450 g/mol. The van der Waals surface area contributed by atoms with Crippen molar-refractivity contribution in [2.45, 2.75) is 33.3 Å². The summed E-state index contributed by atoms with van der Waals surface area (Å²) in [4.78, 5) is 14.9. The summed E-state index contributed by atoms with van der Waals surface area (Å²) in [6.07, 6.45) is 1.56. The van der Waals surface area contributed by atoms with Gasteiger partial charge in [-0.2, -0.15) is 0 Å². The number of hydrogen-bond acceptors (Lipinski definition) is 4. The van der Waals surface area contributed by atoms with Crippen molar-refractivity contribution in [2.75, 3.05) is 6.61 Å². The Labute approximate surface area is 161 Å². The van der Waals surface area contributed by atoms with E-state index in [1.54, 1.807) is 6.07 Å². The zero-order valence-electron chi connectivity index (χ0n) is 14.2. The van der Waals surface area contributed by atoms with E-state index < -0.39 is 0 Å². The van der Waals surface area contributed by atoms with E-state index in [0.29, 0.717) is 16.8 Å². The number of rotatable bonds is 6. The minimum atomic E-state index is -0.372. The van der Waals surface area contributed by atoms with Crippen LogP contribution in [-0.2, 0) is 11.3 Å². The Bertz CT molecular complexity index is 805. The summed E-state index contributed by atoms with van der Waals surface area (Å²) in [5.74, 6) is 6.28. The second-order valence-corrected chi connectivity index (χ2v) is 6.68. The number of benzene rings is 1. The van der Waals surface area contributed by atoms with Gasteiger partial charge in [0, 0.05) is 36.0 Å². The summed E-state index contributed by atoms with van der Waals surface area (Å²) in [6, 6.07) is 8.98. The molecule has 1 heterocycles. The molecule has 0 aliphatic rings. The second kappa shape index (κ2) is 9.49. The fourth-order valence-electron chi connectivity index (χ4n) is 2.33. The standard InChI is InChI=1S/C19H19IN2O3/c1-14-11-16(12-15(2)21-14)7-4-3-5-10-25-13-17-8-6-9-18(19(17)20)22(23)24/h6,8-9,11-12H,3,5,10,13H2,1-2H3. The summed E-state index contributed by atoms with van der Waals surface area (Å²) in [5, 5.41) is 10.9. The quantitative estimate of drug-likeness (QED) is 0.213. The number of aromatic nitrogens is 1. The Kier molecular flexibility index (Phi) is 7.34. The first-order chi connectivity index (χ1) is 12.0. The Hall–Kier alpha value is -1.98. The summed E-state index contributed by atoms with van der Waals surface area (Å²) in [7, 11) is 0. The molecule has 0 fully saturated rings. The number of unbranched alkanes of at least 4 members (excludes halogenated alkanes) is 1. The Morgan fingerprint density at radius 2 is 2.00 bits per heavy atom. The summed E-state index contributed by atoms with van der Waals surface area (Å²) >= 11 is 1.99. The van der Waals surface area contributed by atoms with Gasteiger partial charge in [-0.15, -0.1) is 0 Å². The zero-order chi connectivity index (χ0) is 18.2. The van der Waals surface area contributed by atoms with E-state index in [1.165, 1.54) is 6.07 Å². The number of hydrogen-bond donors (Lipinski definition) is 0. The fraction of sp³-hybridized carbons (Fsp3) is 0.316. The third-order valence-corrected chi connectivity index (χ3v) is 4.66. The van der Waals surface area contributed by atoms with Crippen LogP contribution in [0.2, 0.25) is 0 Å². The number of aryl methyl sites for hydroxylation is 2. The molecule has 2 rings (SSSR count). The first-order valence-electron chi connectivity index (χ1n) is 7.91. The number of pyridine rings is 1. The van der Waals surface area contributed by atoms with Crippen LogP contribution in [0, 0.1) is 39.4 Å². The van der Waals surface area contributed by atoms with Crippen molar-refractivity contribution in [3.63, 3.8) is 0 Å². The van der Waals surface area contributed by atoms with Gasteiger partial charge in [0.05, 0.1) is 15.1 Å². The molecule has 5 nitrogen and oxygen atoms in total. The topological polar surface area (TPSA) is 65.3 Å². The Morgan fingerprint density at radius 1 is 1.28 bits per heavy atom. The van der Waals surface area contributed by atoms with Gasteiger partial charge in [0.2, 0.25) is 0 Å². The van der Waals surface area contributed by atoms with Crippen LogP contribution in [-0.4, -0.2) is 16.5 Å². The predicted molar refractivity (Wildman–Crippen MR) is 105 cm³/mol. The van der Waals surface area contributed by atoms with Crippen LogP contribution in [0.15, 0.2) is 30.3 Å². The molecule has 0 aliphatic heterocycles.